The lowest BCUT2D eigenvalue weighted by Gasteiger charge is -2.41. The van der Waals surface area contributed by atoms with Crippen LogP contribution in [0, 0.1) is 6.92 Å². The summed E-state index contributed by atoms with van der Waals surface area (Å²) in [5.74, 6) is 1.42. The molecule has 1 amide bonds. The zero-order valence-electron chi connectivity index (χ0n) is 25.8. The van der Waals surface area contributed by atoms with E-state index in [4.69, 9.17) is 31.0 Å². The Bertz CT molecular complexity index is 1810. The SMILES string of the molecule is C=CC(=O)N1[C@@H]2CC[C@H]1CN(c1nc(OC[C@@H]3CCCN3C)nc3c(OC4CC4)c(-c4c(C)ccc5[nH]ncc45)c(Cl)cc13)C2. The van der Waals surface area contributed by atoms with E-state index in [2.05, 4.69) is 46.6 Å². The predicted molar refractivity (Wildman–Crippen MR) is 175 cm³/mol. The van der Waals surface area contributed by atoms with E-state index in [0.717, 1.165) is 83.9 Å². The summed E-state index contributed by atoms with van der Waals surface area (Å²) in [5.41, 5.74) is 4.49. The first-order valence-corrected chi connectivity index (χ1v) is 16.4. The molecule has 1 saturated carbocycles. The number of rotatable bonds is 8. The Morgan fingerprint density at radius 3 is 2.62 bits per heavy atom. The van der Waals surface area contributed by atoms with Gasteiger partial charge in [-0.15, -0.1) is 0 Å². The van der Waals surface area contributed by atoms with E-state index in [9.17, 15) is 4.79 Å². The topological polar surface area (TPSA) is 99.7 Å². The zero-order valence-corrected chi connectivity index (χ0v) is 26.5. The molecule has 45 heavy (non-hydrogen) atoms. The number of piperazine rings is 1. The number of hydrogen-bond donors (Lipinski definition) is 1. The minimum Gasteiger partial charge on any atom is -0.487 e. The number of nitrogens with one attached hydrogen (secondary N) is 1. The van der Waals surface area contributed by atoms with E-state index in [0.29, 0.717) is 48.0 Å². The molecule has 234 valence electrons. The third-order valence-electron chi connectivity index (χ3n) is 10.0. The van der Waals surface area contributed by atoms with Gasteiger partial charge >= 0.3 is 6.01 Å². The average Bonchev–Trinajstić information content (AvgIpc) is 3.44. The van der Waals surface area contributed by atoms with Crippen molar-refractivity contribution in [3.05, 3.63) is 47.6 Å². The maximum atomic E-state index is 12.7. The van der Waals surface area contributed by atoms with Crippen LogP contribution in [0.1, 0.15) is 44.1 Å². The van der Waals surface area contributed by atoms with Crippen molar-refractivity contribution in [2.24, 2.45) is 0 Å². The van der Waals surface area contributed by atoms with Crippen LogP contribution < -0.4 is 14.4 Å². The summed E-state index contributed by atoms with van der Waals surface area (Å²) < 4.78 is 13.2. The fourth-order valence-electron chi connectivity index (χ4n) is 7.54. The minimum atomic E-state index is -0.00370. The number of carbonyl (C=O) groups is 1. The molecule has 2 aromatic heterocycles. The second-order valence-corrected chi connectivity index (χ2v) is 13.4. The second kappa shape index (κ2) is 11.2. The molecule has 3 atom stereocenters. The van der Waals surface area contributed by atoms with E-state index in [-0.39, 0.29) is 24.1 Å². The van der Waals surface area contributed by atoms with Crippen LogP contribution >= 0.6 is 11.6 Å². The van der Waals surface area contributed by atoms with Gasteiger partial charge in [0.1, 0.15) is 17.9 Å². The first-order valence-electron chi connectivity index (χ1n) is 16.1. The van der Waals surface area contributed by atoms with Gasteiger partial charge in [-0.05, 0) is 82.8 Å². The fourth-order valence-corrected chi connectivity index (χ4v) is 7.82. The molecule has 4 aromatic rings. The van der Waals surface area contributed by atoms with Gasteiger partial charge < -0.3 is 24.2 Å². The summed E-state index contributed by atoms with van der Waals surface area (Å²) in [6, 6.07) is 6.94. The number of amides is 1. The summed E-state index contributed by atoms with van der Waals surface area (Å²) >= 11 is 7.27. The zero-order chi connectivity index (χ0) is 30.8. The van der Waals surface area contributed by atoms with Gasteiger partial charge in [-0.25, -0.2) is 0 Å². The first-order chi connectivity index (χ1) is 21.9. The summed E-state index contributed by atoms with van der Waals surface area (Å²) in [6.07, 6.45) is 9.50. The Hall–Kier alpha value is -3.89. The smallest absolute Gasteiger partial charge is 0.319 e. The van der Waals surface area contributed by atoms with Crippen molar-refractivity contribution in [2.45, 2.75) is 69.7 Å². The molecule has 4 aliphatic rings. The Morgan fingerprint density at radius 2 is 1.91 bits per heavy atom. The molecule has 1 N–H and O–H groups in total. The van der Waals surface area contributed by atoms with Gasteiger partial charge in [0.25, 0.3) is 0 Å². The van der Waals surface area contributed by atoms with E-state index in [1.165, 1.54) is 6.08 Å². The van der Waals surface area contributed by atoms with Crippen molar-refractivity contribution < 1.29 is 14.3 Å². The lowest BCUT2D eigenvalue weighted by Crippen LogP contribution is -2.55. The molecule has 0 unspecified atom stereocenters. The van der Waals surface area contributed by atoms with Crippen LogP contribution in [0.15, 0.2) is 37.1 Å². The van der Waals surface area contributed by atoms with Crippen LogP contribution in [-0.4, -0.2) is 93.4 Å². The average molecular weight is 628 g/mol. The minimum absolute atomic E-state index is 0.00370. The molecule has 8 rings (SSSR count). The number of halogens is 1. The highest BCUT2D eigenvalue weighted by Crippen LogP contribution is 2.49. The van der Waals surface area contributed by atoms with Crippen LogP contribution in [0.4, 0.5) is 5.82 Å². The number of fused-ring (bicyclic) bond motifs is 4. The van der Waals surface area contributed by atoms with Gasteiger partial charge in [-0.2, -0.15) is 15.1 Å². The van der Waals surface area contributed by atoms with Crippen LogP contribution in [0.5, 0.6) is 11.8 Å². The third-order valence-corrected chi connectivity index (χ3v) is 10.3. The lowest BCUT2D eigenvalue weighted by atomic mass is 9.94. The van der Waals surface area contributed by atoms with Crippen LogP contribution in [-0.2, 0) is 4.79 Å². The van der Waals surface area contributed by atoms with Gasteiger partial charge in [0.15, 0.2) is 5.75 Å². The number of anilines is 1. The molecule has 11 heteroatoms. The Labute approximate surface area is 267 Å². The standard InChI is InChI=1S/C34H38ClN7O3/c1-4-28(43)42-20-8-9-21(42)17-41(16-20)33-24-14-26(35)30(29-19(2)7-12-27-25(29)15-36-39-27)32(45-23-10-11-23)31(24)37-34(38-33)44-18-22-6-5-13-40(22)3/h4,7,12,14-15,20-23H,1,5-6,8-11,13,16-18H2,2-3H3,(H,36,39)/t20-,21+,22-/m0/s1. The van der Waals surface area contributed by atoms with Gasteiger partial charge in [0.2, 0.25) is 5.91 Å². The van der Waals surface area contributed by atoms with Crippen LogP contribution in [0.2, 0.25) is 5.02 Å². The van der Waals surface area contributed by atoms with Gasteiger partial charge in [0, 0.05) is 53.1 Å². The van der Waals surface area contributed by atoms with Crippen molar-refractivity contribution >= 4 is 45.1 Å². The van der Waals surface area contributed by atoms with Crippen molar-refractivity contribution in [1.29, 1.82) is 0 Å². The maximum Gasteiger partial charge on any atom is 0.319 e. The van der Waals surface area contributed by atoms with Gasteiger partial charge in [-0.3, -0.25) is 9.89 Å². The number of benzene rings is 2. The molecule has 0 radical (unpaired) electrons. The van der Waals surface area contributed by atoms with Crippen molar-refractivity contribution in [1.82, 2.24) is 30.0 Å². The first kappa shape index (κ1) is 28.6. The summed E-state index contributed by atoms with van der Waals surface area (Å²) in [7, 11) is 2.14. The number of hydrogen-bond acceptors (Lipinski definition) is 8. The second-order valence-electron chi connectivity index (χ2n) is 13.0. The number of ether oxygens (including phenoxy) is 2. The molecule has 3 saturated heterocycles. The summed E-state index contributed by atoms with van der Waals surface area (Å²) in [5, 5.41) is 9.80. The van der Waals surface area contributed by atoms with E-state index >= 15 is 0 Å². The quantitative estimate of drug-likeness (QED) is 0.255. The van der Waals surface area contributed by atoms with Crippen molar-refractivity contribution in [3.63, 3.8) is 0 Å². The molecular formula is C34H38ClN7O3. The maximum absolute atomic E-state index is 12.7. The molecule has 5 heterocycles. The molecule has 2 bridgehead atoms. The molecular weight excluding hydrogens is 590 g/mol. The number of carbonyl (C=O) groups excluding carboxylic acids is 1. The monoisotopic (exact) mass is 627 g/mol. The number of aromatic nitrogens is 4. The lowest BCUT2D eigenvalue weighted by molar-refractivity contribution is -0.129. The number of likely N-dealkylation sites (N-methyl/N-ethyl adjacent to an activating group) is 1. The number of aryl methyl sites for hydroxylation is 1. The largest absolute Gasteiger partial charge is 0.487 e. The van der Waals surface area contributed by atoms with E-state index < -0.39 is 0 Å². The molecule has 1 aliphatic carbocycles. The Morgan fingerprint density at radius 1 is 1.11 bits per heavy atom. The van der Waals surface area contributed by atoms with Crippen molar-refractivity contribution in [3.8, 4) is 22.9 Å². The number of H-pyrrole nitrogens is 1. The number of aromatic amines is 1. The Kier molecular flexibility index (Phi) is 7.09. The molecule has 2 aromatic carbocycles. The van der Waals surface area contributed by atoms with Crippen LogP contribution in [0.25, 0.3) is 32.9 Å². The molecule has 0 spiro atoms. The fraction of sp³-hybridized carbons (Fsp3) is 0.471. The van der Waals surface area contributed by atoms with E-state index in [1.54, 1.807) is 0 Å². The summed E-state index contributed by atoms with van der Waals surface area (Å²) in [6.45, 7) is 8.74. The molecule has 10 nitrogen and oxygen atoms in total. The number of likely N-dealkylation sites (tertiary alicyclic amines) is 1. The summed E-state index contributed by atoms with van der Waals surface area (Å²) in [4.78, 5) is 29.5. The van der Waals surface area contributed by atoms with Gasteiger partial charge in [-0.1, -0.05) is 24.2 Å². The third kappa shape index (κ3) is 4.98. The molecule has 3 aliphatic heterocycles. The highest BCUT2D eigenvalue weighted by molar-refractivity contribution is 6.35. The highest BCUT2D eigenvalue weighted by atomic mass is 35.5. The van der Waals surface area contributed by atoms with Crippen molar-refractivity contribution in [2.75, 3.05) is 38.2 Å². The molecule has 4 fully saturated rings. The Balaban J connectivity index is 1.30. The highest BCUT2D eigenvalue weighted by Gasteiger charge is 2.43. The van der Waals surface area contributed by atoms with Crippen LogP contribution in [0.3, 0.4) is 0 Å². The number of nitrogens with zero attached hydrogens (tertiary/aromatic N) is 6. The normalized spacial score (nSPS) is 23.3. The van der Waals surface area contributed by atoms with E-state index in [1.807, 2.05) is 23.2 Å². The van der Waals surface area contributed by atoms with Gasteiger partial charge in [0.05, 0.1) is 22.8 Å². The predicted octanol–water partition coefficient (Wildman–Crippen LogP) is 5.51.